The Hall–Kier alpha value is -1.17. The summed E-state index contributed by atoms with van der Waals surface area (Å²) in [7, 11) is 0. The van der Waals surface area contributed by atoms with Gasteiger partial charge in [0.05, 0.1) is 18.6 Å². The molecule has 0 aromatic carbocycles. The van der Waals surface area contributed by atoms with Crippen molar-refractivity contribution in [2.75, 3.05) is 6.61 Å². The lowest BCUT2D eigenvalue weighted by Crippen LogP contribution is -2.28. The number of nitrogens with zero attached hydrogens (tertiary/aromatic N) is 1. The van der Waals surface area contributed by atoms with Gasteiger partial charge in [-0.3, -0.25) is 0 Å². The van der Waals surface area contributed by atoms with E-state index < -0.39 is 0 Å². The Bertz CT molecular complexity index is 425. The van der Waals surface area contributed by atoms with E-state index in [0.717, 1.165) is 16.5 Å². The van der Waals surface area contributed by atoms with Gasteiger partial charge in [-0.2, -0.15) is 0 Å². The van der Waals surface area contributed by atoms with Crippen LogP contribution in [0.4, 0.5) is 0 Å². The lowest BCUT2D eigenvalue weighted by Gasteiger charge is -2.08. The van der Waals surface area contributed by atoms with Gasteiger partial charge in [0.25, 0.3) is 0 Å². The standard InChI is InChI=1S/C11H14N2O2S/c1-8(6-14)12-5-9-7-16-11(13-9)10-3-2-4-15-10/h2-4,7-8,12,14H,5-6H2,1H3/t8-/m1/s1. The summed E-state index contributed by atoms with van der Waals surface area (Å²) >= 11 is 1.56. The summed E-state index contributed by atoms with van der Waals surface area (Å²) in [6, 6.07) is 3.84. The summed E-state index contributed by atoms with van der Waals surface area (Å²) in [4.78, 5) is 4.44. The minimum atomic E-state index is 0.0914. The van der Waals surface area contributed by atoms with E-state index in [1.165, 1.54) is 0 Å². The lowest BCUT2D eigenvalue weighted by atomic mass is 10.3. The zero-order valence-corrected chi connectivity index (χ0v) is 9.83. The molecule has 2 aromatic rings. The summed E-state index contributed by atoms with van der Waals surface area (Å²) in [5.41, 5.74) is 0.969. The molecule has 0 spiro atoms. The van der Waals surface area contributed by atoms with Crippen LogP contribution in [0.25, 0.3) is 10.8 Å². The van der Waals surface area contributed by atoms with E-state index in [9.17, 15) is 0 Å². The Balaban J connectivity index is 1.98. The van der Waals surface area contributed by atoms with Crippen LogP contribution in [0.5, 0.6) is 0 Å². The van der Waals surface area contributed by atoms with Gasteiger partial charge in [-0.15, -0.1) is 11.3 Å². The fourth-order valence-electron chi connectivity index (χ4n) is 1.24. The maximum Gasteiger partial charge on any atom is 0.162 e. The van der Waals surface area contributed by atoms with Crippen molar-refractivity contribution in [3.05, 3.63) is 29.5 Å². The third kappa shape index (κ3) is 2.69. The first-order chi connectivity index (χ1) is 7.79. The molecular formula is C11H14N2O2S. The molecule has 2 aromatic heterocycles. The maximum absolute atomic E-state index is 8.87. The molecule has 2 rings (SSSR count). The number of hydrogen-bond donors (Lipinski definition) is 2. The first-order valence-electron chi connectivity index (χ1n) is 5.12. The molecule has 2 N–H and O–H groups in total. The van der Waals surface area contributed by atoms with E-state index in [-0.39, 0.29) is 12.6 Å². The van der Waals surface area contributed by atoms with E-state index in [0.29, 0.717) is 6.54 Å². The average molecular weight is 238 g/mol. The fourth-order valence-corrected chi connectivity index (χ4v) is 2.03. The second-order valence-corrected chi connectivity index (χ2v) is 4.44. The zero-order chi connectivity index (χ0) is 11.4. The van der Waals surface area contributed by atoms with E-state index in [1.54, 1.807) is 17.6 Å². The molecule has 0 bridgehead atoms. The van der Waals surface area contributed by atoms with E-state index in [2.05, 4.69) is 10.3 Å². The molecule has 0 aliphatic carbocycles. The van der Waals surface area contributed by atoms with Gasteiger partial charge >= 0.3 is 0 Å². The molecule has 0 aliphatic heterocycles. The number of aliphatic hydroxyl groups excluding tert-OH is 1. The average Bonchev–Trinajstić information content (AvgIpc) is 2.95. The van der Waals surface area contributed by atoms with Crippen LogP contribution in [0.2, 0.25) is 0 Å². The van der Waals surface area contributed by atoms with Crippen molar-refractivity contribution in [3.63, 3.8) is 0 Å². The molecule has 0 amide bonds. The Morgan fingerprint density at radius 2 is 2.50 bits per heavy atom. The Morgan fingerprint density at radius 3 is 3.19 bits per heavy atom. The molecule has 0 aliphatic rings. The molecule has 1 atom stereocenters. The predicted molar refractivity (Wildman–Crippen MR) is 63.2 cm³/mol. The lowest BCUT2D eigenvalue weighted by molar-refractivity contribution is 0.250. The first kappa shape index (κ1) is 11.3. The fraction of sp³-hybridized carbons (Fsp3) is 0.364. The molecule has 0 fully saturated rings. The Labute approximate surface area is 97.9 Å². The molecule has 2 heterocycles. The molecule has 16 heavy (non-hydrogen) atoms. The van der Waals surface area contributed by atoms with Gasteiger partial charge in [-0.25, -0.2) is 4.98 Å². The summed E-state index contributed by atoms with van der Waals surface area (Å²) < 4.78 is 5.27. The highest BCUT2D eigenvalue weighted by Crippen LogP contribution is 2.23. The minimum absolute atomic E-state index is 0.0914. The highest BCUT2D eigenvalue weighted by molar-refractivity contribution is 7.13. The summed E-state index contributed by atoms with van der Waals surface area (Å²) in [6.45, 7) is 2.73. The van der Waals surface area contributed by atoms with Crippen LogP contribution in [0.3, 0.4) is 0 Å². The van der Waals surface area contributed by atoms with Crippen LogP contribution in [0.1, 0.15) is 12.6 Å². The molecule has 4 nitrogen and oxygen atoms in total. The zero-order valence-electron chi connectivity index (χ0n) is 9.01. The van der Waals surface area contributed by atoms with Gasteiger partial charge < -0.3 is 14.8 Å². The van der Waals surface area contributed by atoms with Crippen molar-refractivity contribution < 1.29 is 9.52 Å². The number of thiazole rings is 1. The van der Waals surface area contributed by atoms with Crippen molar-refractivity contribution in [1.29, 1.82) is 0 Å². The quantitative estimate of drug-likeness (QED) is 0.835. The van der Waals surface area contributed by atoms with Crippen LogP contribution in [0.15, 0.2) is 28.2 Å². The summed E-state index contributed by atoms with van der Waals surface area (Å²) in [5, 5.41) is 14.9. The van der Waals surface area contributed by atoms with Crippen LogP contribution < -0.4 is 5.32 Å². The number of hydrogen-bond acceptors (Lipinski definition) is 5. The van der Waals surface area contributed by atoms with Crippen molar-refractivity contribution >= 4 is 11.3 Å². The molecule has 86 valence electrons. The van der Waals surface area contributed by atoms with Gasteiger partial charge in [-0.05, 0) is 19.1 Å². The number of furan rings is 1. The van der Waals surface area contributed by atoms with Crippen molar-refractivity contribution in [1.82, 2.24) is 10.3 Å². The third-order valence-electron chi connectivity index (χ3n) is 2.19. The van der Waals surface area contributed by atoms with E-state index in [4.69, 9.17) is 9.52 Å². The van der Waals surface area contributed by atoms with Crippen molar-refractivity contribution in [2.24, 2.45) is 0 Å². The number of aliphatic hydroxyl groups is 1. The molecule has 0 saturated carbocycles. The normalized spacial score (nSPS) is 12.9. The van der Waals surface area contributed by atoms with Gasteiger partial charge in [0.15, 0.2) is 10.8 Å². The van der Waals surface area contributed by atoms with Crippen LogP contribution in [-0.2, 0) is 6.54 Å². The molecule has 0 saturated heterocycles. The topological polar surface area (TPSA) is 58.3 Å². The third-order valence-corrected chi connectivity index (χ3v) is 3.09. The number of nitrogens with one attached hydrogen (secondary N) is 1. The molecule has 5 heteroatoms. The van der Waals surface area contributed by atoms with Gasteiger partial charge in [0.1, 0.15) is 0 Å². The Morgan fingerprint density at radius 1 is 1.62 bits per heavy atom. The van der Waals surface area contributed by atoms with Crippen molar-refractivity contribution in [2.45, 2.75) is 19.5 Å². The van der Waals surface area contributed by atoms with Gasteiger partial charge in [-0.1, -0.05) is 0 Å². The summed E-state index contributed by atoms with van der Waals surface area (Å²) in [5.74, 6) is 0.798. The highest BCUT2D eigenvalue weighted by Gasteiger charge is 2.07. The van der Waals surface area contributed by atoms with E-state index in [1.807, 2.05) is 24.4 Å². The maximum atomic E-state index is 8.87. The van der Waals surface area contributed by atoms with Crippen LogP contribution in [0, 0.1) is 0 Å². The van der Waals surface area contributed by atoms with Crippen LogP contribution in [-0.4, -0.2) is 22.7 Å². The summed E-state index contributed by atoms with van der Waals surface area (Å²) in [6.07, 6.45) is 1.64. The van der Waals surface area contributed by atoms with E-state index >= 15 is 0 Å². The Kier molecular flexibility index (Phi) is 3.71. The van der Waals surface area contributed by atoms with Gasteiger partial charge in [0.2, 0.25) is 0 Å². The number of aromatic nitrogens is 1. The molecular weight excluding hydrogens is 224 g/mol. The van der Waals surface area contributed by atoms with Crippen molar-refractivity contribution in [3.8, 4) is 10.8 Å². The van der Waals surface area contributed by atoms with Crippen LogP contribution >= 0.6 is 11.3 Å². The van der Waals surface area contributed by atoms with Gasteiger partial charge in [0, 0.05) is 18.0 Å². The monoisotopic (exact) mass is 238 g/mol. The molecule has 0 radical (unpaired) electrons. The second-order valence-electron chi connectivity index (χ2n) is 3.59. The largest absolute Gasteiger partial charge is 0.462 e. The first-order valence-corrected chi connectivity index (χ1v) is 6.00. The SMILES string of the molecule is C[C@H](CO)NCc1csc(-c2ccco2)n1. The smallest absolute Gasteiger partial charge is 0.162 e. The second kappa shape index (κ2) is 5.25. The predicted octanol–water partition coefficient (Wildman–Crippen LogP) is 1.87. The number of rotatable bonds is 5. The highest BCUT2D eigenvalue weighted by atomic mass is 32.1. The minimum Gasteiger partial charge on any atom is -0.462 e. The molecule has 0 unspecified atom stereocenters.